The molecule has 0 unspecified atom stereocenters. The van der Waals surface area contributed by atoms with Crippen molar-refractivity contribution in [3.05, 3.63) is 60.5 Å². The van der Waals surface area contributed by atoms with Gasteiger partial charge in [-0.1, -0.05) is 38.1 Å². The van der Waals surface area contributed by atoms with Crippen molar-refractivity contribution in [1.82, 2.24) is 20.0 Å². The van der Waals surface area contributed by atoms with E-state index in [0.717, 1.165) is 70.3 Å². The molecule has 0 saturated carbocycles. The van der Waals surface area contributed by atoms with Gasteiger partial charge in [0, 0.05) is 52.5 Å². The molecule has 1 fully saturated rings. The van der Waals surface area contributed by atoms with Crippen LogP contribution < -0.4 is 15.4 Å². The Labute approximate surface area is 241 Å². The van der Waals surface area contributed by atoms with Gasteiger partial charge in [0.25, 0.3) is 0 Å². The molecule has 0 bridgehead atoms. The molecular formula is C30H32N6O4S. The number of nitrogens with one attached hydrogen (secondary N) is 2. The summed E-state index contributed by atoms with van der Waals surface area (Å²) in [6.07, 6.45) is 1.79. The quantitative estimate of drug-likeness (QED) is 0.239. The van der Waals surface area contributed by atoms with Gasteiger partial charge in [-0.3, -0.25) is 15.2 Å². The Balaban J connectivity index is 1.10. The van der Waals surface area contributed by atoms with Crippen molar-refractivity contribution in [2.24, 2.45) is 0 Å². The highest BCUT2D eigenvalue weighted by Crippen LogP contribution is 2.35. The average molecular weight is 573 g/mol. The van der Waals surface area contributed by atoms with E-state index >= 15 is 0 Å². The van der Waals surface area contributed by atoms with Crippen molar-refractivity contribution in [1.29, 1.82) is 0 Å². The summed E-state index contributed by atoms with van der Waals surface area (Å²) < 4.78 is 17.9. The van der Waals surface area contributed by atoms with E-state index in [9.17, 15) is 4.79 Å². The van der Waals surface area contributed by atoms with E-state index in [-0.39, 0.29) is 5.41 Å². The van der Waals surface area contributed by atoms with E-state index in [2.05, 4.69) is 32.8 Å². The van der Waals surface area contributed by atoms with Gasteiger partial charge in [-0.15, -0.1) is 11.3 Å². The molecule has 0 atom stereocenters. The highest BCUT2D eigenvalue weighted by molar-refractivity contribution is 7.25. The highest BCUT2D eigenvalue weighted by Gasteiger charge is 2.20. The first-order valence-corrected chi connectivity index (χ1v) is 14.4. The van der Waals surface area contributed by atoms with Gasteiger partial charge in [0.2, 0.25) is 0 Å². The summed E-state index contributed by atoms with van der Waals surface area (Å²) in [6.45, 7) is 11.1. The highest BCUT2D eigenvalue weighted by atomic mass is 32.1. The van der Waals surface area contributed by atoms with Crippen molar-refractivity contribution in [2.45, 2.75) is 26.2 Å². The number of rotatable bonds is 7. The molecule has 6 rings (SSSR count). The van der Waals surface area contributed by atoms with Crippen molar-refractivity contribution in [3.63, 3.8) is 0 Å². The number of fused-ring (bicyclic) bond motifs is 3. The van der Waals surface area contributed by atoms with Crippen LogP contribution in [0.25, 0.3) is 31.7 Å². The van der Waals surface area contributed by atoms with Gasteiger partial charge in [0.15, 0.2) is 5.82 Å². The molecule has 3 aromatic heterocycles. The number of amides is 2. The van der Waals surface area contributed by atoms with Crippen LogP contribution >= 0.6 is 11.3 Å². The van der Waals surface area contributed by atoms with E-state index < -0.39 is 6.03 Å². The number of benzene rings is 2. The second kappa shape index (κ2) is 11.4. The summed E-state index contributed by atoms with van der Waals surface area (Å²) >= 11 is 1.60. The monoisotopic (exact) mass is 572 g/mol. The van der Waals surface area contributed by atoms with Crippen LogP contribution in [0.15, 0.2) is 59.3 Å². The maximum absolute atomic E-state index is 12.4. The molecule has 5 aromatic rings. The van der Waals surface area contributed by atoms with Crippen LogP contribution in [0.4, 0.5) is 16.3 Å². The van der Waals surface area contributed by atoms with Crippen molar-refractivity contribution in [2.75, 3.05) is 50.1 Å². The predicted molar refractivity (Wildman–Crippen MR) is 161 cm³/mol. The molecule has 2 amide bonds. The maximum atomic E-state index is 12.4. The lowest BCUT2D eigenvalue weighted by Gasteiger charge is -2.26. The third kappa shape index (κ3) is 6.32. The third-order valence-electron chi connectivity index (χ3n) is 6.86. The minimum atomic E-state index is -0.401. The summed E-state index contributed by atoms with van der Waals surface area (Å²) in [5, 5.41) is 10.5. The Hall–Kier alpha value is -4.06. The minimum absolute atomic E-state index is 0.193. The van der Waals surface area contributed by atoms with E-state index in [4.69, 9.17) is 24.0 Å². The van der Waals surface area contributed by atoms with Crippen molar-refractivity contribution >= 4 is 49.3 Å². The fourth-order valence-electron chi connectivity index (χ4n) is 4.55. The van der Waals surface area contributed by atoms with Gasteiger partial charge in [-0.2, -0.15) is 0 Å². The number of thiophene rings is 1. The Bertz CT molecular complexity index is 1670. The van der Waals surface area contributed by atoms with Gasteiger partial charge < -0.3 is 19.3 Å². The molecule has 1 aliphatic heterocycles. The fourth-order valence-corrected chi connectivity index (χ4v) is 5.61. The number of morpholine rings is 1. The molecular weight excluding hydrogens is 540 g/mol. The summed E-state index contributed by atoms with van der Waals surface area (Å²) in [6, 6.07) is 14.9. The zero-order valence-electron chi connectivity index (χ0n) is 23.3. The number of ether oxygens (including phenoxy) is 2. The lowest BCUT2D eigenvalue weighted by atomic mass is 9.93. The average Bonchev–Trinajstić information content (AvgIpc) is 3.58. The van der Waals surface area contributed by atoms with Crippen molar-refractivity contribution < 1.29 is 18.8 Å². The number of hydrogen-bond acceptors (Lipinski definition) is 9. The molecule has 11 heteroatoms. The molecule has 0 spiro atoms. The zero-order valence-corrected chi connectivity index (χ0v) is 24.1. The lowest BCUT2D eigenvalue weighted by Crippen LogP contribution is -2.38. The number of nitrogens with zero attached hydrogens (tertiary/aromatic N) is 4. The topological polar surface area (TPSA) is 115 Å². The number of carbonyl (C=O) groups is 1. The molecule has 1 aliphatic rings. The first-order chi connectivity index (χ1) is 19.8. The van der Waals surface area contributed by atoms with E-state index in [1.54, 1.807) is 23.6 Å². The summed E-state index contributed by atoms with van der Waals surface area (Å²) in [4.78, 5) is 25.3. The standard InChI is InChI=1S/C30H32N6O4S/c1-30(2,3)25-17-26(35-40-25)34-29(37)32-20-6-4-19(5-7-20)23-18-31-27-22-9-8-21(16-24(22)41-28(27)33-23)39-15-12-36-10-13-38-14-11-36/h4-9,16-18H,10-15H2,1-3H3,(H2,32,34,35,37). The Morgan fingerprint density at radius 3 is 2.63 bits per heavy atom. The summed E-state index contributed by atoms with van der Waals surface area (Å²) in [7, 11) is 0. The van der Waals surface area contributed by atoms with Gasteiger partial charge in [-0.05, 0) is 30.3 Å². The molecule has 0 aliphatic carbocycles. The molecule has 212 valence electrons. The molecule has 4 heterocycles. The minimum Gasteiger partial charge on any atom is -0.492 e. The van der Waals surface area contributed by atoms with Crippen LogP contribution in [-0.4, -0.2) is 65.5 Å². The first kappa shape index (κ1) is 27.1. The molecule has 2 N–H and O–H groups in total. The SMILES string of the molecule is CC(C)(C)c1cc(NC(=O)Nc2ccc(-c3cnc4c(n3)sc3cc(OCCN5CCOCC5)ccc34)cc2)no1. The van der Waals surface area contributed by atoms with E-state index in [1.165, 1.54) is 0 Å². The van der Waals surface area contributed by atoms with Gasteiger partial charge >= 0.3 is 6.03 Å². The first-order valence-electron chi connectivity index (χ1n) is 13.6. The number of aromatic nitrogens is 3. The van der Waals surface area contributed by atoms with E-state index in [1.807, 2.05) is 51.1 Å². The fraction of sp³-hybridized carbons (Fsp3) is 0.333. The summed E-state index contributed by atoms with van der Waals surface area (Å²) in [5.41, 5.74) is 3.00. The van der Waals surface area contributed by atoms with E-state index in [0.29, 0.717) is 23.9 Å². The van der Waals surface area contributed by atoms with Crippen LogP contribution in [0.2, 0.25) is 0 Å². The van der Waals surface area contributed by atoms with Crippen LogP contribution in [0.5, 0.6) is 5.75 Å². The third-order valence-corrected chi connectivity index (χ3v) is 7.90. The van der Waals surface area contributed by atoms with Crippen LogP contribution in [0.3, 0.4) is 0 Å². The zero-order chi connectivity index (χ0) is 28.4. The largest absolute Gasteiger partial charge is 0.492 e. The normalized spacial score (nSPS) is 14.4. The number of urea groups is 1. The molecule has 41 heavy (non-hydrogen) atoms. The van der Waals surface area contributed by atoms with Crippen LogP contribution in [0.1, 0.15) is 26.5 Å². The van der Waals surface area contributed by atoms with Gasteiger partial charge in [0.1, 0.15) is 28.5 Å². The maximum Gasteiger partial charge on any atom is 0.324 e. The van der Waals surface area contributed by atoms with Crippen LogP contribution in [-0.2, 0) is 10.2 Å². The number of anilines is 2. The predicted octanol–water partition coefficient (Wildman–Crippen LogP) is 6.15. The Morgan fingerprint density at radius 1 is 1.07 bits per heavy atom. The summed E-state index contributed by atoms with van der Waals surface area (Å²) in [5.74, 6) is 1.91. The molecule has 1 saturated heterocycles. The van der Waals surface area contributed by atoms with Gasteiger partial charge in [0.05, 0.1) is 25.1 Å². The number of carbonyl (C=O) groups excluding carboxylic acids is 1. The van der Waals surface area contributed by atoms with Crippen molar-refractivity contribution in [3.8, 4) is 17.0 Å². The smallest absolute Gasteiger partial charge is 0.324 e. The van der Waals surface area contributed by atoms with Crippen LogP contribution in [0, 0.1) is 0 Å². The Kier molecular flexibility index (Phi) is 7.57. The number of hydrogen-bond donors (Lipinski definition) is 2. The Morgan fingerprint density at radius 2 is 1.88 bits per heavy atom. The second-order valence-corrected chi connectivity index (χ2v) is 12.0. The molecule has 0 radical (unpaired) electrons. The molecule has 2 aromatic carbocycles. The lowest BCUT2D eigenvalue weighted by molar-refractivity contribution is 0.0322. The molecule has 10 nitrogen and oxygen atoms in total. The van der Waals surface area contributed by atoms with Gasteiger partial charge in [-0.25, -0.2) is 9.78 Å². The second-order valence-electron chi connectivity index (χ2n) is 11.0.